The number of nitrogens with zero attached hydrogens (tertiary/aromatic N) is 1. The topological polar surface area (TPSA) is 87.7 Å². The van der Waals surface area contributed by atoms with Gasteiger partial charge in [0, 0.05) is 19.5 Å². The number of amides is 2. The van der Waals surface area contributed by atoms with E-state index >= 15 is 0 Å². The van der Waals surface area contributed by atoms with E-state index in [9.17, 15) is 14.4 Å². The number of ketones is 1. The number of hydrogen-bond donors (Lipinski definition) is 2. The first-order valence-corrected chi connectivity index (χ1v) is 13.8. The number of ether oxygens (including phenoxy) is 1. The molecule has 1 aliphatic rings. The molecule has 0 fully saturated rings. The monoisotopic (exact) mass is 521 g/mol. The molecule has 1 unspecified atom stereocenters. The minimum absolute atomic E-state index is 0.00128. The fourth-order valence-corrected chi connectivity index (χ4v) is 4.73. The fourth-order valence-electron chi connectivity index (χ4n) is 4.73. The summed E-state index contributed by atoms with van der Waals surface area (Å²) in [6.07, 6.45) is 2.03. The van der Waals surface area contributed by atoms with Gasteiger partial charge < -0.3 is 15.4 Å². The molecule has 1 aliphatic heterocycles. The molecule has 0 saturated heterocycles. The second kappa shape index (κ2) is 14.7. The minimum Gasteiger partial charge on any atom is -0.445 e. The number of Topliss-reactive ketones (excluding diaryl/α,β-unsaturated/α-hetero) is 1. The Hall–Kier alpha value is -3.19. The van der Waals surface area contributed by atoms with Crippen molar-refractivity contribution in [3.05, 3.63) is 71.3 Å². The van der Waals surface area contributed by atoms with Crippen molar-refractivity contribution < 1.29 is 19.1 Å². The summed E-state index contributed by atoms with van der Waals surface area (Å²) in [5.41, 5.74) is 3.34. The van der Waals surface area contributed by atoms with Crippen LogP contribution in [0.15, 0.2) is 54.6 Å². The van der Waals surface area contributed by atoms with Crippen molar-refractivity contribution in [2.24, 2.45) is 11.8 Å². The lowest BCUT2D eigenvalue weighted by atomic mass is 10.0. The van der Waals surface area contributed by atoms with Crippen molar-refractivity contribution in [2.45, 2.75) is 85.2 Å². The van der Waals surface area contributed by atoms with E-state index in [4.69, 9.17) is 4.74 Å². The van der Waals surface area contributed by atoms with Crippen LogP contribution in [0, 0.1) is 11.8 Å². The summed E-state index contributed by atoms with van der Waals surface area (Å²) in [5, 5.41) is 5.76. The van der Waals surface area contributed by atoms with E-state index in [1.54, 1.807) is 0 Å². The average Bonchev–Trinajstić information content (AvgIpc) is 3.11. The van der Waals surface area contributed by atoms with E-state index in [2.05, 4.69) is 41.5 Å². The Morgan fingerprint density at radius 1 is 0.895 bits per heavy atom. The summed E-state index contributed by atoms with van der Waals surface area (Å²) < 4.78 is 5.37. The number of benzene rings is 2. The van der Waals surface area contributed by atoms with Crippen molar-refractivity contribution in [3.8, 4) is 0 Å². The molecule has 3 rings (SSSR count). The Labute approximate surface area is 227 Å². The fraction of sp³-hybridized carbons (Fsp3) is 0.516. The third-order valence-corrected chi connectivity index (χ3v) is 6.83. The quantitative estimate of drug-likeness (QED) is 0.400. The average molecular weight is 522 g/mol. The molecule has 0 aliphatic carbocycles. The van der Waals surface area contributed by atoms with E-state index in [-0.39, 0.29) is 24.2 Å². The van der Waals surface area contributed by atoms with Crippen LogP contribution in [0.25, 0.3) is 0 Å². The summed E-state index contributed by atoms with van der Waals surface area (Å²) in [7, 11) is 0. The molecule has 0 aromatic heterocycles. The molecule has 2 N–H and O–H groups in total. The lowest BCUT2D eigenvalue weighted by molar-refractivity contribution is -0.133. The van der Waals surface area contributed by atoms with Crippen molar-refractivity contribution in [1.82, 2.24) is 15.5 Å². The number of fused-ring (bicyclic) bond motifs is 1. The van der Waals surface area contributed by atoms with Crippen LogP contribution in [0.3, 0.4) is 0 Å². The summed E-state index contributed by atoms with van der Waals surface area (Å²) >= 11 is 0. The molecule has 7 nitrogen and oxygen atoms in total. The molecule has 1 heterocycles. The Balaban J connectivity index is 1.73. The van der Waals surface area contributed by atoms with Gasteiger partial charge in [-0.3, -0.25) is 14.5 Å². The first-order chi connectivity index (χ1) is 18.2. The predicted molar refractivity (Wildman–Crippen MR) is 149 cm³/mol. The van der Waals surface area contributed by atoms with Crippen LogP contribution in [-0.2, 0) is 33.9 Å². The number of carbonyl (C=O) groups is 3. The third kappa shape index (κ3) is 9.28. The van der Waals surface area contributed by atoms with Gasteiger partial charge in [-0.25, -0.2) is 4.79 Å². The number of aryl methyl sites for hydroxylation is 1. The van der Waals surface area contributed by atoms with Gasteiger partial charge in [0.2, 0.25) is 5.91 Å². The smallest absolute Gasteiger partial charge is 0.408 e. The second-order valence-corrected chi connectivity index (χ2v) is 11.0. The van der Waals surface area contributed by atoms with Gasteiger partial charge in [-0.15, -0.1) is 0 Å². The van der Waals surface area contributed by atoms with Crippen LogP contribution in [0.1, 0.15) is 70.1 Å². The number of alkyl carbamates (subject to hydrolysis) is 1. The molecule has 206 valence electrons. The van der Waals surface area contributed by atoms with E-state index in [0.717, 1.165) is 24.8 Å². The van der Waals surface area contributed by atoms with Gasteiger partial charge in [0.05, 0.1) is 0 Å². The molecule has 2 atom stereocenters. The molecule has 2 aromatic rings. The highest BCUT2D eigenvalue weighted by atomic mass is 16.5. The van der Waals surface area contributed by atoms with E-state index in [1.807, 2.05) is 56.3 Å². The van der Waals surface area contributed by atoms with Gasteiger partial charge in [0.1, 0.15) is 18.8 Å². The predicted octanol–water partition coefficient (Wildman–Crippen LogP) is 5.22. The van der Waals surface area contributed by atoms with Gasteiger partial charge in [-0.1, -0.05) is 82.3 Å². The highest BCUT2D eigenvalue weighted by Crippen LogP contribution is 2.21. The summed E-state index contributed by atoms with van der Waals surface area (Å²) in [5.74, 6) is 0.174. The van der Waals surface area contributed by atoms with Crippen LogP contribution in [0.4, 0.5) is 4.79 Å². The van der Waals surface area contributed by atoms with Crippen LogP contribution < -0.4 is 10.6 Å². The second-order valence-electron chi connectivity index (χ2n) is 11.0. The molecular formula is C31H43N3O4. The van der Waals surface area contributed by atoms with Crippen molar-refractivity contribution in [3.63, 3.8) is 0 Å². The standard InChI is InChI=1S/C31H43N3O4/c1-22(2)16-17-28(35)29(34-18-10-15-25-13-8-9-14-26(25)20-34)33-30(36)27(19-23(3)4)32-31(37)38-21-24-11-6-5-7-12-24/h5-9,11-14,22-23,27,29H,10,15-21H2,1-4H3,(H,32,37)(H,33,36)/t27-,29?/m0/s1. The van der Waals surface area contributed by atoms with Gasteiger partial charge in [-0.2, -0.15) is 0 Å². The highest BCUT2D eigenvalue weighted by Gasteiger charge is 2.32. The summed E-state index contributed by atoms with van der Waals surface area (Å²) in [6.45, 7) is 9.58. The number of rotatable bonds is 12. The van der Waals surface area contributed by atoms with Gasteiger partial charge in [-0.05, 0) is 54.2 Å². The SMILES string of the molecule is CC(C)CCC(=O)C(NC(=O)[C@H](CC(C)C)NC(=O)OCc1ccccc1)N1CCCc2ccccc2C1. The van der Waals surface area contributed by atoms with Crippen molar-refractivity contribution >= 4 is 17.8 Å². The van der Waals surface area contributed by atoms with Gasteiger partial charge >= 0.3 is 6.09 Å². The molecule has 0 saturated carbocycles. The Bertz CT molecular complexity index is 1050. The number of carbonyl (C=O) groups excluding carboxylic acids is 3. The molecule has 0 radical (unpaired) electrons. The number of hydrogen-bond acceptors (Lipinski definition) is 5. The van der Waals surface area contributed by atoms with Gasteiger partial charge in [0.25, 0.3) is 0 Å². The molecule has 0 spiro atoms. The summed E-state index contributed by atoms with van der Waals surface area (Å²) in [6, 6.07) is 16.9. The van der Waals surface area contributed by atoms with Crippen LogP contribution in [-0.4, -0.2) is 41.4 Å². The molecular weight excluding hydrogens is 478 g/mol. The Morgan fingerprint density at radius 3 is 2.26 bits per heavy atom. The number of nitrogens with one attached hydrogen (secondary N) is 2. The molecule has 2 aromatic carbocycles. The lowest BCUT2D eigenvalue weighted by Crippen LogP contribution is -2.57. The lowest BCUT2D eigenvalue weighted by Gasteiger charge is -2.32. The first kappa shape index (κ1) is 29.4. The molecule has 7 heteroatoms. The maximum atomic E-state index is 13.6. The van der Waals surface area contributed by atoms with Crippen LogP contribution in [0.2, 0.25) is 0 Å². The zero-order chi connectivity index (χ0) is 27.5. The Morgan fingerprint density at radius 2 is 1.58 bits per heavy atom. The molecule has 2 amide bonds. The van der Waals surface area contributed by atoms with Crippen LogP contribution >= 0.6 is 0 Å². The molecule has 0 bridgehead atoms. The highest BCUT2D eigenvalue weighted by molar-refractivity contribution is 5.92. The maximum Gasteiger partial charge on any atom is 0.408 e. The van der Waals surface area contributed by atoms with Crippen molar-refractivity contribution in [1.29, 1.82) is 0 Å². The largest absolute Gasteiger partial charge is 0.445 e. The van der Waals surface area contributed by atoms with Gasteiger partial charge in [0.15, 0.2) is 5.78 Å². The van der Waals surface area contributed by atoms with E-state index in [0.29, 0.717) is 31.8 Å². The van der Waals surface area contributed by atoms with Crippen molar-refractivity contribution in [2.75, 3.05) is 6.54 Å². The summed E-state index contributed by atoms with van der Waals surface area (Å²) in [4.78, 5) is 41.7. The maximum absolute atomic E-state index is 13.6. The zero-order valence-corrected chi connectivity index (χ0v) is 23.2. The zero-order valence-electron chi connectivity index (χ0n) is 23.2. The minimum atomic E-state index is -0.807. The normalized spacial score (nSPS) is 15.3. The van der Waals surface area contributed by atoms with Crippen LogP contribution in [0.5, 0.6) is 0 Å². The third-order valence-electron chi connectivity index (χ3n) is 6.83. The van der Waals surface area contributed by atoms with E-state index < -0.39 is 18.3 Å². The Kier molecular flexibility index (Phi) is 11.3. The first-order valence-electron chi connectivity index (χ1n) is 13.8. The molecule has 38 heavy (non-hydrogen) atoms. The van der Waals surface area contributed by atoms with E-state index in [1.165, 1.54) is 11.1 Å².